The Kier molecular flexibility index (Phi) is 1.55. The fourth-order valence-electron chi connectivity index (χ4n) is 1.23. The molecule has 1 heterocycles. The van der Waals surface area contributed by atoms with Gasteiger partial charge in [0.15, 0.2) is 0 Å². The van der Waals surface area contributed by atoms with Crippen LogP contribution in [0.1, 0.15) is 0 Å². The van der Waals surface area contributed by atoms with Gasteiger partial charge in [0.2, 0.25) is 0 Å². The fraction of sp³-hybridized carbons (Fsp3) is 0. The van der Waals surface area contributed by atoms with Crippen molar-refractivity contribution in [2.45, 2.75) is 0 Å². The summed E-state index contributed by atoms with van der Waals surface area (Å²) in [5, 5.41) is 9.60. The van der Waals surface area contributed by atoms with E-state index in [1.165, 1.54) is 18.2 Å². The molecule has 3 nitrogen and oxygen atoms in total. The van der Waals surface area contributed by atoms with Gasteiger partial charge in [-0.15, -0.1) is 0 Å². The van der Waals surface area contributed by atoms with Crippen molar-refractivity contribution < 1.29 is 9.50 Å². The molecule has 0 saturated heterocycles. The van der Waals surface area contributed by atoms with E-state index < -0.39 is 11.4 Å². The van der Waals surface area contributed by atoms with Crippen molar-refractivity contribution >= 4 is 10.9 Å². The molecule has 66 valence electrons. The van der Waals surface area contributed by atoms with Crippen LogP contribution >= 0.6 is 0 Å². The van der Waals surface area contributed by atoms with E-state index in [4.69, 9.17) is 0 Å². The summed E-state index contributed by atoms with van der Waals surface area (Å²) in [5.74, 6) is -0.760. The summed E-state index contributed by atoms with van der Waals surface area (Å²) in [5.41, 5.74) is -0.484. The van der Waals surface area contributed by atoms with Crippen molar-refractivity contribution in [2.75, 3.05) is 0 Å². The highest BCUT2D eigenvalue weighted by Gasteiger charge is 2.04. The van der Waals surface area contributed by atoms with Crippen LogP contribution in [0.5, 0.6) is 5.75 Å². The first-order valence-corrected chi connectivity index (χ1v) is 3.69. The van der Waals surface area contributed by atoms with E-state index >= 15 is 0 Å². The van der Waals surface area contributed by atoms with Crippen LogP contribution in [-0.2, 0) is 0 Å². The van der Waals surface area contributed by atoms with Gasteiger partial charge in [0.25, 0.3) is 5.56 Å². The number of aromatic amines is 1. The summed E-state index contributed by atoms with van der Waals surface area (Å²) in [7, 11) is 0. The number of benzene rings is 1. The van der Waals surface area contributed by atoms with Crippen LogP contribution in [0.25, 0.3) is 10.9 Å². The Hall–Kier alpha value is -1.84. The average Bonchev–Trinajstić information content (AvgIpc) is 2.07. The lowest BCUT2D eigenvalue weighted by molar-refractivity contribution is 0.480. The summed E-state index contributed by atoms with van der Waals surface area (Å²) < 4.78 is 13.1. The Balaban J connectivity index is 3.03. The van der Waals surface area contributed by atoms with E-state index in [2.05, 4.69) is 4.98 Å². The third kappa shape index (κ3) is 1.16. The zero-order valence-corrected chi connectivity index (χ0v) is 6.54. The van der Waals surface area contributed by atoms with Gasteiger partial charge in [-0.05, 0) is 12.1 Å². The maximum absolute atomic E-state index is 13.1. The fourth-order valence-corrected chi connectivity index (χ4v) is 1.23. The molecular formula is C9H6FNO2. The third-order valence-electron chi connectivity index (χ3n) is 1.81. The summed E-state index contributed by atoms with van der Waals surface area (Å²) >= 11 is 0. The second kappa shape index (κ2) is 2.58. The van der Waals surface area contributed by atoms with E-state index in [-0.39, 0.29) is 11.3 Å². The Labute approximate surface area is 72.5 Å². The highest BCUT2D eigenvalue weighted by Crippen LogP contribution is 2.21. The lowest BCUT2D eigenvalue weighted by Crippen LogP contribution is -2.03. The average molecular weight is 179 g/mol. The molecule has 0 spiro atoms. The Morgan fingerprint density at radius 2 is 2.15 bits per heavy atom. The maximum atomic E-state index is 13.1. The summed E-state index contributed by atoms with van der Waals surface area (Å²) in [6, 6.07) is 5.23. The molecule has 13 heavy (non-hydrogen) atoms. The standard InChI is InChI=1S/C9H6FNO2/c10-6-3-1-2-5-7(12)4-8(13)11-9(5)6/h1-4H,(H2,11,12,13). The normalized spacial score (nSPS) is 10.5. The van der Waals surface area contributed by atoms with Crippen molar-refractivity contribution in [3.05, 3.63) is 40.4 Å². The Bertz CT molecular complexity index is 518. The molecule has 2 aromatic rings. The molecule has 1 aromatic heterocycles. The number of aromatic hydroxyl groups is 1. The molecule has 0 bridgehead atoms. The van der Waals surface area contributed by atoms with Gasteiger partial charge in [0.05, 0.1) is 5.52 Å². The van der Waals surface area contributed by atoms with Crippen LogP contribution < -0.4 is 5.56 Å². The predicted octanol–water partition coefficient (Wildman–Crippen LogP) is 1.37. The first-order chi connectivity index (χ1) is 6.18. The number of nitrogens with one attached hydrogen (secondary N) is 1. The topological polar surface area (TPSA) is 53.1 Å². The Morgan fingerprint density at radius 3 is 2.92 bits per heavy atom. The van der Waals surface area contributed by atoms with E-state index in [1.807, 2.05) is 0 Å². The molecule has 2 N–H and O–H groups in total. The first-order valence-electron chi connectivity index (χ1n) is 3.69. The minimum atomic E-state index is -0.550. The molecule has 2 rings (SSSR count). The van der Waals surface area contributed by atoms with Crippen LogP contribution in [0.3, 0.4) is 0 Å². The van der Waals surface area contributed by atoms with E-state index in [1.54, 1.807) is 0 Å². The number of fused-ring (bicyclic) bond motifs is 1. The molecule has 0 atom stereocenters. The van der Waals surface area contributed by atoms with Gasteiger partial charge in [-0.2, -0.15) is 0 Å². The third-order valence-corrected chi connectivity index (χ3v) is 1.81. The molecule has 0 radical (unpaired) electrons. The van der Waals surface area contributed by atoms with Crippen LogP contribution in [0.2, 0.25) is 0 Å². The molecule has 0 aliphatic carbocycles. The lowest BCUT2D eigenvalue weighted by atomic mass is 10.2. The minimum Gasteiger partial charge on any atom is -0.507 e. The van der Waals surface area contributed by atoms with Crippen molar-refractivity contribution in [1.29, 1.82) is 0 Å². The zero-order valence-electron chi connectivity index (χ0n) is 6.54. The molecule has 0 aliphatic heterocycles. The molecule has 1 aromatic carbocycles. The van der Waals surface area contributed by atoms with Gasteiger partial charge in [0, 0.05) is 11.5 Å². The summed E-state index contributed by atoms with van der Waals surface area (Å²) in [4.78, 5) is 13.2. The van der Waals surface area contributed by atoms with Gasteiger partial charge >= 0.3 is 0 Å². The molecule has 0 amide bonds. The SMILES string of the molecule is O=c1cc(O)c2cccc(F)c2[nH]1. The molecular weight excluding hydrogens is 173 g/mol. The number of para-hydroxylation sites is 1. The number of pyridine rings is 1. The number of aromatic nitrogens is 1. The maximum Gasteiger partial charge on any atom is 0.252 e. The first kappa shape index (κ1) is 7.79. The van der Waals surface area contributed by atoms with Crippen molar-refractivity contribution in [2.24, 2.45) is 0 Å². The van der Waals surface area contributed by atoms with Gasteiger partial charge in [-0.3, -0.25) is 4.79 Å². The second-order valence-corrected chi connectivity index (χ2v) is 2.68. The number of rotatable bonds is 0. The van der Waals surface area contributed by atoms with Gasteiger partial charge in [-0.1, -0.05) is 6.07 Å². The molecule has 4 heteroatoms. The molecule has 0 saturated carbocycles. The van der Waals surface area contributed by atoms with Crippen molar-refractivity contribution in [3.63, 3.8) is 0 Å². The van der Waals surface area contributed by atoms with E-state index in [0.29, 0.717) is 5.39 Å². The van der Waals surface area contributed by atoms with Gasteiger partial charge in [-0.25, -0.2) is 4.39 Å². The largest absolute Gasteiger partial charge is 0.507 e. The lowest BCUT2D eigenvalue weighted by Gasteiger charge is -1.99. The zero-order chi connectivity index (χ0) is 9.42. The van der Waals surface area contributed by atoms with Gasteiger partial charge < -0.3 is 10.1 Å². The molecule has 0 aliphatic rings. The smallest absolute Gasteiger partial charge is 0.252 e. The highest BCUT2D eigenvalue weighted by atomic mass is 19.1. The van der Waals surface area contributed by atoms with Crippen LogP contribution in [0, 0.1) is 5.82 Å². The summed E-state index contributed by atoms with van der Waals surface area (Å²) in [6.07, 6.45) is 0. The van der Waals surface area contributed by atoms with Crippen molar-refractivity contribution in [1.82, 2.24) is 4.98 Å². The number of hydrogen-bond acceptors (Lipinski definition) is 2. The highest BCUT2D eigenvalue weighted by molar-refractivity contribution is 5.84. The molecule has 0 unspecified atom stereocenters. The summed E-state index contributed by atoms with van der Waals surface area (Å²) in [6.45, 7) is 0. The predicted molar refractivity (Wildman–Crippen MR) is 46.2 cm³/mol. The Morgan fingerprint density at radius 1 is 1.38 bits per heavy atom. The van der Waals surface area contributed by atoms with Gasteiger partial charge in [0.1, 0.15) is 11.6 Å². The molecule has 0 fully saturated rings. The number of halogens is 1. The number of H-pyrrole nitrogens is 1. The van der Waals surface area contributed by atoms with E-state index in [0.717, 1.165) is 6.07 Å². The van der Waals surface area contributed by atoms with E-state index in [9.17, 15) is 14.3 Å². The van der Waals surface area contributed by atoms with Crippen LogP contribution in [0.15, 0.2) is 29.1 Å². The number of hydrogen-bond donors (Lipinski definition) is 2. The second-order valence-electron chi connectivity index (χ2n) is 2.68. The monoisotopic (exact) mass is 179 g/mol. The van der Waals surface area contributed by atoms with Crippen LogP contribution in [-0.4, -0.2) is 10.1 Å². The van der Waals surface area contributed by atoms with Crippen molar-refractivity contribution in [3.8, 4) is 5.75 Å². The quantitative estimate of drug-likeness (QED) is 0.641. The minimum absolute atomic E-state index is 0.0347. The van der Waals surface area contributed by atoms with Crippen LogP contribution in [0.4, 0.5) is 4.39 Å².